The van der Waals surface area contributed by atoms with E-state index in [1.54, 1.807) is 12.3 Å². The van der Waals surface area contributed by atoms with E-state index in [0.717, 1.165) is 16.8 Å². The van der Waals surface area contributed by atoms with Crippen molar-refractivity contribution in [3.8, 4) is 0 Å². The topological polar surface area (TPSA) is 68.0 Å². The smallest absolute Gasteiger partial charge is 0.252 e. The second-order valence-corrected chi connectivity index (χ2v) is 4.97. The third kappa shape index (κ3) is 2.96. The summed E-state index contributed by atoms with van der Waals surface area (Å²) >= 11 is 0. The van der Waals surface area contributed by atoms with E-state index >= 15 is 0 Å². The van der Waals surface area contributed by atoms with Crippen molar-refractivity contribution in [1.29, 1.82) is 0 Å². The molecule has 0 saturated heterocycles. The lowest BCUT2D eigenvalue weighted by atomic mass is 10.0. The average Bonchev–Trinajstić information content (AvgIpc) is 2.43. The standard InChI is InChI=1S/C16H19N3O/c1-10-8-11(2)14(17)9-13(10)16(20)19-12(3)15-6-4-5-7-18-15/h4-9,12H,17H2,1-3H3,(H,19,20). The number of carbonyl (C=O) groups is 1. The molecule has 20 heavy (non-hydrogen) atoms. The molecule has 1 amide bonds. The minimum atomic E-state index is -0.148. The minimum absolute atomic E-state index is 0.132. The molecule has 0 bridgehead atoms. The van der Waals surface area contributed by atoms with Crippen LogP contribution in [0.1, 0.15) is 40.1 Å². The van der Waals surface area contributed by atoms with Crippen molar-refractivity contribution >= 4 is 11.6 Å². The highest BCUT2D eigenvalue weighted by atomic mass is 16.1. The van der Waals surface area contributed by atoms with E-state index in [-0.39, 0.29) is 11.9 Å². The summed E-state index contributed by atoms with van der Waals surface area (Å²) in [5.74, 6) is -0.132. The minimum Gasteiger partial charge on any atom is -0.398 e. The predicted octanol–water partition coefficient (Wildman–Crippen LogP) is 2.77. The maximum atomic E-state index is 12.3. The van der Waals surface area contributed by atoms with Crippen molar-refractivity contribution in [2.45, 2.75) is 26.8 Å². The van der Waals surface area contributed by atoms with Crippen LogP contribution in [-0.2, 0) is 0 Å². The first-order chi connectivity index (χ1) is 9.49. The third-order valence-corrected chi connectivity index (χ3v) is 3.34. The summed E-state index contributed by atoms with van der Waals surface area (Å²) in [4.78, 5) is 16.6. The number of nitrogen functional groups attached to an aromatic ring is 1. The van der Waals surface area contributed by atoms with E-state index in [9.17, 15) is 4.79 Å². The van der Waals surface area contributed by atoms with Gasteiger partial charge in [0.15, 0.2) is 0 Å². The zero-order valence-electron chi connectivity index (χ0n) is 12.0. The number of nitrogens with one attached hydrogen (secondary N) is 1. The molecule has 1 unspecified atom stereocenters. The molecule has 104 valence electrons. The van der Waals surface area contributed by atoms with Crippen LogP contribution in [0.15, 0.2) is 36.5 Å². The van der Waals surface area contributed by atoms with Crippen LogP contribution in [0.2, 0.25) is 0 Å². The Morgan fingerprint density at radius 3 is 2.65 bits per heavy atom. The maximum absolute atomic E-state index is 12.3. The molecule has 2 rings (SSSR count). The van der Waals surface area contributed by atoms with Crippen LogP contribution in [-0.4, -0.2) is 10.9 Å². The van der Waals surface area contributed by atoms with Crippen molar-refractivity contribution in [3.63, 3.8) is 0 Å². The molecule has 1 aromatic carbocycles. The Morgan fingerprint density at radius 1 is 1.25 bits per heavy atom. The molecule has 0 fully saturated rings. The molecule has 0 spiro atoms. The second kappa shape index (κ2) is 5.74. The Labute approximate surface area is 119 Å². The van der Waals surface area contributed by atoms with Crippen molar-refractivity contribution in [1.82, 2.24) is 10.3 Å². The summed E-state index contributed by atoms with van der Waals surface area (Å²) in [6.45, 7) is 5.75. The summed E-state index contributed by atoms with van der Waals surface area (Å²) < 4.78 is 0. The number of amides is 1. The van der Waals surface area contributed by atoms with E-state index < -0.39 is 0 Å². The Balaban J connectivity index is 2.19. The molecule has 4 nitrogen and oxygen atoms in total. The molecule has 0 saturated carbocycles. The van der Waals surface area contributed by atoms with Crippen molar-refractivity contribution in [3.05, 3.63) is 58.9 Å². The molecule has 0 aliphatic heterocycles. The molecule has 2 aromatic rings. The van der Waals surface area contributed by atoms with Crippen LogP contribution in [0, 0.1) is 13.8 Å². The van der Waals surface area contributed by atoms with E-state index in [2.05, 4.69) is 10.3 Å². The first-order valence-electron chi connectivity index (χ1n) is 6.57. The number of hydrogen-bond acceptors (Lipinski definition) is 3. The van der Waals surface area contributed by atoms with E-state index in [1.807, 2.05) is 45.0 Å². The lowest BCUT2D eigenvalue weighted by Crippen LogP contribution is -2.28. The summed E-state index contributed by atoms with van der Waals surface area (Å²) in [5.41, 5.74) is 9.85. The van der Waals surface area contributed by atoms with Crippen molar-refractivity contribution in [2.24, 2.45) is 0 Å². The number of rotatable bonds is 3. The molecule has 1 aromatic heterocycles. The van der Waals surface area contributed by atoms with Gasteiger partial charge in [-0.25, -0.2) is 0 Å². The van der Waals surface area contributed by atoms with Crippen LogP contribution in [0.5, 0.6) is 0 Å². The lowest BCUT2D eigenvalue weighted by molar-refractivity contribution is 0.0938. The number of aryl methyl sites for hydroxylation is 2. The molecule has 1 atom stereocenters. The first kappa shape index (κ1) is 14.1. The average molecular weight is 269 g/mol. The second-order valence-electron chi connectivity index (χ2n) is 4.97. The van der Waals surface area contributed by atoms with Crippen LogP contribution in [0.3, 0.4) is 0 Å². The number of carbonyl (C=O) groups excluding carboxylic acids is 1. The fourth-order valence-corrected chi connectivity index (χ4v) is 2.09. The van der Waals surface area contributed by atoms with Gasteiger partial charge in [0.2, 0.25) is 0 Å². The lowest BCUT2D eigenvalue weighted by Gasteiger charge is -2.15. The van der Waals surface area contributed by atoms with Gasteiger partial charge >= 0.3 is 0 Å². The Bertz CT molecular complexity index is 623. The highest BCUT2D eigenvalue weighted by Gasteiger charge is 2.15. The van der Waals surface area contributed by atoms with Gasteiger partial charge < -0.3 is 11.1 Å². The van der Waals surface area contributed by atoms with Gasteiger partial charge in [-0.05, 0) is 50.1 Å². The van der Waals surface area contributed by atoms with Crippen molar-refractivity contribution < 1.29 is 4.79 Å². The Morgan fingerprint density at radius 2 is 2.00 bits per heavy atom. The van der Waals surface area contributed by atoms with Gasteiger partial charge in [0.1, 0.15) is 0 Å². The van der Waals surface area contributed by atoms with E-state index in [0.29, 0.717) is 11.3 Å². The van der Waals surface area contributed by atoms with Crippen LogP contribution >= 0.6 is 0 Å². The van der Waals surface area contributed by atoms with Gasteiger partial charge in [-0.2, -0.15) is 0 Å². The molecule has 0 radical (unpaired) electrons. The summed E-state index contributed by atoms with van der Waals surface area (Å²) in [6, 6.07) is 9.15. The van der Waals surface area contributed by atoms with Crippen LogP contribution < -0.4 is 11.1 Å². The van der Waals surface area contributed by atoms with Crippen LogP contribution in [0.4, 0.5) is 5.69 Å². The Hall–Kier alpha value is -2.36. The normalized spacial score (nSPS) is 11.9. The predicted molar refractivity (Wildman–Crippen MR) is 80.4 cm³/mol. The number of nitrogens with two attached hydrogens (primary N) is 1. The molecule has 0 aliphatic carbocycles. The van der Waals surface area contributed by atoms with Gasteiger partial charge in [0.05, 0.1) is 11.7 Å². The molecular weight excluding hydrogens is 250 g/mol. The van der Waals surface area contributed by atoms with Crippen molar-refractivity contribution in [2.75, 3.05) is 5.73 Å². The fourth-order valence-electron chi connectivity index (χ4n) is 2.09. The maximum Gasteiger partial charge on any atom is 0.252 e. The van der Waals surface area contributed by atoms with E-state index in [1.165, 1.54) is 0 Å². The number of aromatic nitrogens is 1. The SMILES string of the molecule is Cc1cc(C)c(C(=O)NC(C)c2ccccn2)cc1N. The zero-order chi connectivity index (χ0) is 14.7. The van der Waals surface area contributed by atoms with Crippen LogP contribution in [0.25, 0.3) is 0 Å². The Kier molecular flexibility index (Phi) is 4.03. The number of benzene rings is 1. The third-order valence-electron chi connectivity index (χ3n) is 3.34. The summed E-state index contributed by atoms with van der Waals surface area (Å²) in [5, 5.41) is 2.94. The number of pyridine rings is 1. The van der Waals surface area contributed by atoms with Gasteiger partial charge in [-0.1, -0.05) is 12.1 Å². The number of hydrogen-bond donors (Lipinski definition) is 2. The number of nitrogens with zero attached hydrogens (tertiary/aromatic N) is 1. The van der Waals surface area contributed by atoms with Gasteiger partial charge in [0.25, 0.3) is 5.91 Å². The van der Waals surface area contributed by atoms with Gasteiger partial charge in [-0.15, -0.1) is 0 Å². The first-order valence-corrected chi connectivity index (χ1v) is 6.57. The molecular formula is C16H19N3O. The number of anilines is 1. The molecule has 3 N–H and O–H groups in total. The highest BCUT2D eigenvalue weighted by molar-refractivity contribution is 5.96. The highest BCUT2D eigenvalue weighted by Crippen LogP contribution is 2.19. The summed E-state index contributed by atoms with van der Waals surface area (Å²) in [6.07, 6.45) is 1.72. The quantitative estimate of drug-likeness (QED) is 0.842. The summed E-state index contributed by atoms with van der Waals surface area (Å²) in [7, 11) is 0. The van der Waals surface area contributed by atoms with Gasteiger partial charge in [-0.3, -0.25) is 9.78 Å². The largest absolute Gasteiger partial charge is 0.398 e. The zero-order valence-corrected chi connectivity index (χ0v) is 12.0. The molecule has 1 heterocycles. The van der Waals surface area contributed by atoms with E-state index in [4.69, 9.17) is 5.73 Å². The fraction of sp³-hybridized carbons (Fsp3) is 0.250. The monoisotopic (exact) mass is 269 g/mol. The molecule has 4 heteroatoms. The van der Waals surface area contributed by atoms with Gasteiger partial charge in [0, 0.05) is 17.4 Å². The molecule has 0 aliphatic rings.